The van der Waals surface area contributed by atoms with E-state index >= 15 is 0 Å². The molecule has 0 saturated carbocycles. The van der Waals surface area contributed by atoms with E-state index in [4.69, 9.17) is 0 Å². The molecule has 32 heavy (non-hydrogen) atoms. The molecule has 1 aromatic heterocycles. The lowest BCUT2D eigenvalue weighted by atomic mass is 10.2. The van der Waals surface area contributed by atoms with Gasteiger partial charge >= 0.3 is 0 Å². The minimum absolute atomic E-state index is 0.424. The van der Waals surface area contributed by atoms with Gasteiger partial charge < -0.3 is 14.6 Å². The molecule has 1 aliphatic rings. The van der Waals surface area contributed by atoms with E-state index in [0.717, 1.165) is 46.2 Å². The molecule has 1 aliphatic heterocycles. The minimum Gasteiger partial charge on any atom is -0.390 e. The normalized spacial score (nSPS) is 16.2. The SMILES string of the molecule is Cc1ccc(N2CCN(CC(O)Cn3c4ccc(Br)cc4c4cc(Br)ccc43)CC2)cc1. The first-order chi connectivity index (χ1) is 15.5. The van der Waals surface area contributed by atoms with Crippen molar-refractivity contribution in [3.63, 3.8) is 0 Å². The molecule has 3 aromatic carbocycles. The lowest BCUT2D eigenvalue weighted by Gasteiger charge is -2.37. The number of hydrogen-bond donors (Lipinski definition) is 1. The average Bonchev–Trinajstić information content (AvgIpc) is 3.07. The van der Waals surface area contributed by atoms with Crippen molar-refractivity contribution < 1.29 is 5.11 Å². The van der Waals surface area contributed by atoms with Crippen molar-refractivity contribution in [2.45, 2.75) is 19.6 Å². The van der Waals surface area contributed by atoms with Crippen LogP contribution in [0, 0.1) is 6.92 Å². The number of aromatic nitrogens is 1. The number of aryl methyl sites for hydroxylation is 1. The highest BCUT2D eigenvalue weighted by Gasteiger charge is 2.21. The molecule has 0 bridgehead atoms. The quantitative estimate of drug-likeness (QED) is 0.336. The van der Waals surface area contributed by atoms with E-state index in [1.54, 1.807) is 0 Å². The van der Waals surface area contributed by atoms with Crippen molar-refractivity contribution in [3.05, 3.63) is 75.2 Å². The zero-order valence-corrected chi connectivity index (χ0v) is 21.3. The molecule has 4 nitrogen and oxygen atoms in total. The average molecular weight is 557 g/mol. The molecular formula is C26H27Br2N3O. The number of aliphatic hydroxyl groups excluding tert-OH is 1. The van der Waals surface area contributed by atoms with Crippen LogP contribution in [0.1, 0.15) is 5.56 Å². The van der Waals surface area contributed by atoms with E-state index in [1.807, 2.05) is 0 Å². The number of aliphatic hydroxyl groups is 1. The van der Waals surface area contributed by atoms with Gasteiger partial charge in [0, 0.05) is 69.2 Å². The van der Waals surface area contributed by atoms with Gasteiger partial charge in [0.05, 0.1) is 12.6 Å². The lowest BCUT2D eigenvalue weighted by Crippen LogP contribution is -2.49. The number of β-amino-alcohol motifs (C(OH)–C–C–N with tert-alkyl or cyclic N) is 1. The summed E-state index contributed by atoms with van der Waals surface area (Å²) in [6, 6.07) is 21.5. The Labute approximate surface area is 205 Å². The van der Waals surface area contributed by atoms with Crippen molar-refractivity contribution >= 4 is 59.4 Å². The molecule has 166 valence electrons. The maximum Gasteiger partial charge on any atom is 0.0845 e. The van der Waals surface area contributed by atoms with Crippen molar-refractivity contribution in [1.29, 1.82) is 0 Å². The van der Waals surface area contributed by atoms with Crippen molar-refractivity contribution in [2.75, 3.05) is 37.6 Å². The number of nitrogens with zero attached hydrogens (tertiary/aromatic N) is 3. The molecule has 1 fully saturated rings. The van der Waals surface area contributed by atoms with Gasteiger partial charge in [-0.1, -0.05) is 49.6 Å². The van der Waals surface area contributed by atoms with Crippen LogP contribution >= 0.6 is 31.9 Å². The molecule has 1 atom stereocenters. The largest absolute Gasteiger partial charge is 0.390 e. The van der Waals surface area contributed by atoms with Crippen molar-refractivity contribution in [3.8, 4) is 0 Å². The Balaban J connectivity index is 1.29. The van der Waals surface area contributed by atoms with E-state index < -0.39 is 6.10 Å². The summed E-state index contributed by atoms with van der Waals surface area (Å²) >= 11 is 7.21. The summed E-state index contributed by atoms with van der Waals surface area (Å²) in [5.41, 5.74) is 4.90. The Morgan fingerprint density at radius 3 is 1.91 bits per heavy atom. The van der Waals surface area contributed by atoms with Gasteiger partial charge in [0.1, 0.15) is 0 Å². The molecule has 0 aliphatic carbocycles. The Morgan fingerprint density at radius 2 is 1.34 bits per heavy atom. The van der Waals surface area contributed by atoms with Crippen molar-refractivity contribution in [1.82, 2.24) is 9.47 Å². The Bertz CT molecular complexity index is 1180. The fourth-order valence-corrected chi connectivity index (χ4v) is 5.48. The third-order valence-electron chi connectivity index (χ3n) is 6.42. The predicted octanol–water partition coefficient (Wildman–Crippen LogP) is 5.81. The molecular weight excluding hydrogens is 530 g/mol. The van der Waals surface area contributed by atoms with Crippen LogP contribution < -0.4 is 4.90 Å². The molecule has 1 unspecified atom stereocenters. The lowest BCUT2D eigenvalue weighted by molar-refractivity contribution is 0.0969. The van der Waals surface area contributed by atoms with E-state index in [-0.39, 0.29) is 0 Å². The van der Waals surface area contributed by atoms with Gasteiger partial charge in [-0.2, -0.15) is 0 Å². The van der Waals surface area contributed by atoms with Crippen LogP contribution in [0.5, 0.6) is 0 Å². The van der Waals surface area contributed by atoms with Gasteiger partial charge in [-0.05, 0) is 55.5 Å². The smallest absolute Gasteiger partial charge is 0.0845 e. The molecule has 4 aromatic rings. The zero-order valence-electron chi connectivity index (χ0n) is 18.1. The van der Waals surface area contributed by atoms with E-state index in [0.29, 0.717) is 13.1 Å². The summed E-state index contributed by atoms with van der Waals surface area (Å²) in [7, 11) is 0. The number of rotatable bonds is 5. The number of anilines is 1. The van der Waals surface area contributed by atoms with Crippen LogP contribution in [0.2, 0.25) is 0 Å². The zero-order chi connectivity index (χ0) is 22.2. The summed E-state index contributed by atoms with van der Waals surface area (Å²) in [4.78, 5) is 4.82. The summed E-state index contributed by atoms with van der Waals surface area (Å²) < 4.78 is 4.39. The number of fused-ring (bicyclic) bond motifs is 3. The summed E-state index contributed by atoms with van der Waals surface area (Å²) in [5.74, 6) is 0. The van der Waals surface area contributed by atoms with Crippen LogP contribution in [-0.2, 0) is 6.54 Å². The second kappa shape index (κ2) is 9.18. The maximum atomic E-state index is 11.0. The van der Waals surface area contributed by atoms with Crippen LogP contribution in [-0.4, -0.2) is 53.4 Å². The van der Waals surface area contributed by atoms with Crippen LogP contribution in [0.4, 0.5) is 5.69 Å². The highest BCUT2D eigenvalue weighted by Crippen LogP contribution is 2.33. The van der Waals surface area contributed by atoms with Crippen LogP contribution in [0.25, 0.3) is 21.8 Å². The molecule has 0 amide bonds. The van der Waals surface area contributed by atoms with Gasteiger partial charge in [0.15, 0.2) is 0 Å². The van der Waals surface area contributed by atoms with Gasteiger partial charge in [-0.15, -0.1) is 0 Å². The number of hydrogen-bond acceptors (Lipinski definition) is 3. The Morgan fingerprint density at radius 1 is 0.781 bits per heavy atom. The maximum absolute atomic E-state index is 11.0. The predicted molar refractivity (Wildman–Crippen MR) is 141 cm³/mol. The van der Waals surface area contributed by atoms with E-state index in [2.05, 4.69) is 114 Å². The summed E-state index contributed by atoms with van der Waals surface area (Å²) in [6.45, 7) is 7.33. The minimum atomic E-state index is -0.424. The van der Waals surface area contributed by atoms with Gasteiger partial charge in [-0.25, -0.2) is 0 Å². The molecule has 1 saturated heterocycles. The van der Waals surface area contributed by atoms with E-state index in [1.165, 1.54) is 22.0 Å². The van der Waals surface area contributed by atoms with E-state index in [9.17, 15) is 5.11 Å². The summed E-state index contributed by atoms with van der Waals surface area (Å²) in [6.07, 6.45) is -0.424. The second-order valence-corrected chi connectivity index (χ2v) is 10.5. The fourth-order valence-electron chi connectivity index (χ4n) is 4.76. The second-order valence-electron chi connectivity index (χ2n) is 8.71. The molecule has 6 heteroatoms. The number of piperazine rings is 1. The van der Waals surface area contributed by atoms with Gasteiger partial charge in [0.2, 0.25) is 0 Å². The Hall–Kier alpha value is -1.86. The molecule has 0 radical (unpaired) electrons. The third-order valence-corrected chi connectivity index (χ3v) is 7.41. The topological polar surface area (TPSA) is 31.6 Å². The highest BCUT2D eigenvalue weighted by molar-refractivity contribution is 9.10. The van der Waals surface area contributed by atoms with Gasteiger partial charge in [-0.3, -0.25) is 4.90 Å². The fraction of sp³-hybridized carbons (Fsp3) is 0.308. The third kappa shape index (κ3) is 4.46. The first-order valence-electron chi connectivity index (χ1n) is 11.1. The first-order valence-corrected chi connectivity index (χ1v) is 12.7. The number of halogens is 2. The van der Waals surface area contributed by atoms with Crippen LogP contribution in [0.15, 0.2) is 69.6 Å². The monoisotopic (exact) mass is 555 g/mol. The highest BCUT2D eigenvalue weighted by atomic mass is 79.9. The number of benzene rings is 3. The van der Waals surface area contributed by atoms with Crippen LogP contribution in [0.3, 0.4) is 0 Å². The Kier molecular flexibility index (Phi) is 6.30. The van der Waals surface area contributed by atoms with Gasteiger partial charge in [0.25, 0.3) is 0 Å². The molecule has 5 rings (SSSR count). The molecule has 1 N–H and O–H groups in total. The first kappa shape index (κ1) is 22.0. The standard InChI is InChI=1S/C26H27Br2N3O/c1-18-2-6-21(7-3-18)30-12-10-29(11-13-30)16-22(32)17-31-25-8-4-19(27)14-23(25)24-15-20(28)5-9-26(24)31/h2-9,14-15,22,32H,10-13,16-17H2,1H3. The molecule has 0 spiro atoms. The van der Waals surface area contributed by atoms with Crippen molar-refractivity contribution in [2.24, 2.45) is 0 Å². The summed E-state index contributed by atoms with van der Waals surface area (Å²) in [5, 5.41) is 13.4. The molecule has 2 heterocycles.